The molecule has 0 aromatic heterocycles. The van der Waals surface area contributed by atoms with E-state index in [9.17, 15) is 26.3 Å². The number of hydrogen-bond donors (Lipinski definition) is 0. The van der Waals surface area contributed by atoms with Crippen molar-refractivity contribution < 1.29 is 40.2 Å². The van der Waals surface area contributed by atoms with Crippen LogP contribution in [0, 0.1) is 0 Å². The van der Waals surface area contributed by atoms with E-state index in [0.717, 1.165) is 30.3 Å². The topological polar surface area (TPSA) is 21.7 Å². The molecule has 0 N–H and O–H groups in total. The third kappa shape index (κ3) is 8.13. The minimum atomic E-state index is -4.88. The van der Waals surface area contributed by atoms with Crippen LogP contribution < -0.4 is 14.4 Å². The van der Waals surface area contributed by atoms with Gasteiger partial charge >= 0.3 is 12.5 Å². The Kier molecular flexibility index (Phi) is 8.32. The van der Waals surface area contributed by atoms with Crippen molar-refractivity contribution in [1.82, 2.24) is 0 Å². The van der Waals surface area contributed by atoms with Gasteiger partial charge in [0.1, 0.15) is 23.4 Å². The highest BCUT2D eigenvalue weighted by Crippen LogP contribution is 2.33. The molecular weight excluding hydrogens is 527 g/mol. The second kappa shape index (κ2) is 11.7. The maximum Gasteiger partial charge on any atom is 0.573 e. The average Bonchev–Trinajstić information content (AvgIpc) is 2.88. The molecule has 4 rings (SSSR count). The van der Waals surface area contributed by atoms with Crippen LogP contribution in [0.2, 0.25) is 0 Å². The number of rotatable bonds is 9. The molecular formula is C29H22F7NO2. The number of anilines is 1. The van der Waals surface area contributed by atoms with Crippen molar-refractivity contribution in [3.8, 4) is 17.2 Å². The fourth-order valence-corrected chi connectivity index (χ4v) is 3.87. The first-order valence-electron chi connectivity index (χ1n) is 11.7. The van der Waals surface area contributed by atoms with E-state index in [1.807, 2.05) is 6.07 Å². The molecule has 0 saturated carbocycles. The van der Waals surface area contributed by atoms with Gasteiger partial charge in [0, 0.05) is 18.3 Å². The number of hydrogen-bond acceptors (Lipinski definition) is 3. The summed E-state index contributed by atoms with van der Waals surface area (Å²) in [7, 11) is 0. The highest BCUT2D eigenvalue weighted by molar-refractivity contribution is 5.52. The minimum Gasteiger partial charge on any atom is -0.457 e. The van der Waals surface area contributed by atoms with E-state index in [1.165, 1.54) is 12.1 Å². The summed E-state index contributed by atoms with van der Waals surface area (Å²) in [5, 5.41) is 0. The van der Waals surface area contributed by atoms with Gasteiger partial charge in [-0.1, -0.05) is 48.5 Å². The van der Waals surface area contributed by atoms with Crippen molar-refractivity contribution in [2.24, 2.45) is 0 Å². The van der Waals surface area contributed by atoms with Crippen LogP contribution in [0.1, 0.15) is 22.9 Å². The normalized spacial score (nSPS) is 12.6. The molecule has 10 heteroatoms. The summed E-state index contributed by atoms with van der Waals surface area (Å²) in [6.07, 6.45) is -11.1. The highest BCUT2D eigenvalue weighted by atomic mass is 19.4. The number of halogens is 7. The standard InChI is InChI=1S/C29H22F7NO2/c30-27(21-12-14-22(15-13-21)28(31,32)33)19-37(18-20-6-4-11-26(16-20)39-29(34,35)36)23-7-5-10-25(17-23)38-24-8-2-1-3-9-24/h1-17,27H,18-19H2. The van der Waals surface area contributed by atoms with Gasteiger partial charge < -0.3 is 14.4 Å². The molecule has 0 heterocycles. The predicted molar refractivity (Wildman–Crippen MR) is 132 cm³/mol. The van der Waals surface area contributed by atoms with Crippen molar-refractivity contribution >= 4 is 5.69 Å². The molecule has 0 spiro atoms. The molecule has 39 heavy (non-hydrogen) atoms. The molecule has 0 saturated heterocycles. The highest BCUT2D eigenvalue weighted by Gasteiger charge is 2.32. The number of ether oxygens (including phenoxy) is 2. The quantitative estimate of drug-likeness (QED) is 0.194. The SMILES string of the molecule is FC(CN(Cc1cccc(OC(F)(F)F)c1)c1cccc(Oc2ccccc2)c1)c1ccc(C(F)(F)F)cc1. The molecule has 204 valence electrons. The van der Waals surface area contributed by atoms with Crippen molar-refractivity contribution in [3.05, 3.63) is 120 Å². The van der Waals surface area contributed by atoms with Gasteiger partial charge in [-0.15, -0.1) is 13.2 Å². The van der Waals surface area contributed by atoms with Crippen LogP contribution in [0.25, 0.3) is 0 Å². The molecule has 0 radical (unpaired) electrons. The van der Waals surface area contributed by atoms with Crippen LogP contribution in [0.4, 0.5) is 36.4 Å². The second-order valence-electron chi connectivity index (χ2n) is 8.58. The number of alkyl halides is 7. The third-order valence-corrected chi connectivity index (χ3v) is 5.65. The molecule has 0 amide bonds. The Hall–Kier alpha value is -4.21. The predicted octanol–water partition coefficient (Wildman–Crippen LogP) is 9.11. The van der Waals surface area contributed by atoms with Crippen molar-refractivity contribution in [1.29, 1.82) is 0 Å². The van der Waals surface area contributed by atoms with E-state index < -0.39 is 30.0 Å². The van der Waals surface area contributed by atoms with Gasteiger partial charge in [0.25, 0.3) is 0 Å². The summed E-state index contributed by atoms with van der Waals surface area (Å²) in [5.41, 5.74) is 0.00674. The molecule has 4 aromatic carbocycles. The molecule has 0 fully saturated rings. The maximum atomic E-state index is 15.4. The van der Waals surface area contributed by atoms with Gasteiger partial charge in [0.15, 0.2) is 0 Å². The Morgan fingerprint density at radius 1 is 0.667 bits per heavy atom. The summed E-state index contributed by atoms with van der Waals surface area (Å²) in [6, 6.07) is 24.6. The van der Waals surface area contributed by atoms with E-state index in [1.54, 1.807) is 59.5 Å². The Morgan fingerprint density at radius 2 is 1.31 bits per heavy atom. The minimum absolute atomic E-state index is 0.0229. The Balaban J connectivity index is 1.61. The third-order valence-electron chi connectivity index (χ3n) is 5.65. The molecule has 4 aromatic rings. The fourth-order valence-electron chi connectivity index (χ4n) is 3.87. The first kappa shape index (κ1) is 27.8. The maximum absolute atomic E-state index is 15.4. The Morgan fingerprint density at radius 3 is 1.97 bits per heavy atom. The number of para-hydroxylation sites is 1. The lowest BCUT2D eigenvalue weighted by atomic mass is 10.1. The first-order chi connectivity index (χ1) is 18.5. The summed E-state index contributed by atoms with van der Waals surface area (Å²) < 4.78 is 102. The number of nitrogens with zero attached hydrogens (tertiary/aromatic N) is 1. The Labute approximate surface area is 220 Å². The van der Waals surface area contributed by atoms with Gasteiger partial charge in [-0.25, -0.2) is 4.39 Å². The summed E-state index contributed by atoms with van der Waals surface area (Å²) >= 11 is 0. The summed E-state index contributed by atoms with van der Waals surface area (Å²) in [6.45, 7) is -0.324. The lowest BCUT2D eigenvalue weighted by Crippen LogP contribution is -2.27. The van der Waals surface area contributed by atoms with E-state index in [4.69, 9.17) is 4.74 Å². The van der Waals surface area contributed by atoms with Gasteiger partial charge in [-0.2, -0.15) is 13.2 Å². The van der Waals surface area contributed by atoms with Crippen LogP contribution in [0.15, 0.2) is 103 Å². The summed E-state index contributed by atoms with van der Waals surface area (Å²) in [4.78, 5) is 1.56. The molecule has 3 nitrogen and oxygen atoms in total. The smallest absolute Gasteiger partial charge is 0.457 e. The largest absolute Gasteiger partial charge is 0.573 e. The van der Waals surface area contributed by atoms with Crippen molar-refractivity contribution in [3.63, 3.8) is 0 Å². The Bertz CT molecular complexity index is 1360. The molecule has 1 atom stereocenters. The van der Waals surface area contributed by atoms with Crippen molar-refractivity contribution in [2.75, 3.05) is 11.4 Å². The van der Waals surface area contributed by atoms with Gasteiger partial charge in [-0.05, 0) is 59.7 Å². The van der Waals surface area contributed by atoms with Crippen LogP contribution in [-0.4, -0.2) is 12.9 Å². The lowest BCUT2D eigenvalue weighted by Gasteiger charge is -2.27. The molecule has 0 aliphatic carbocycles. The fraction of sp³-hybridized carbons (Fsp3) is 0.172. The van der Waals surface area contributed by atoms with Crippen LogP contribution in [-0.2, 0) is 12.7 Å². The van der Waals surface area contributed by atoms with Crippen LogP contribution in [0.5, 0.6) is 17.2 Å². The second-order valence-corrected chi connectivity index (χ2v) is 8.58. The zero-order valence-corrected chi connectivity index (χ0v) is 20.2. The van der Waals surface area contributed by atoms with E-state index >= 15 is 4.39 Å². The monoisotopic (exact) mass is 549 g/mol. The zero-order chi connectivity index (χ0) is 28.0. The molecule has 0 bridgehead atoms. The van der Waals surface area contributed by atoms with E-state index in [0.29, 0.717) is 22.7 Å². The van der Waals surface area contributed by atoms with Gasteiger partial charge in [-0.3, -0.25) is 0 Å². The van der Waals surface area contributed by atoms with E-state index in [2.05, 4.69) is 4.74 Å². The average molecular weight is 549 g/mol. The molecule has 0 aliphatic rings. The lowest BCUT2D eigenvalue weighted by molar-refractivity contribution is -0.274. The summed E-state index contributed by atoms with van der Waals surface area (Å²) in [5.74, 6) is 0.565. The van der Waals surface area contributed by atoms with Crippen LogP contribution >= 0.6 is 0 Å². The van der Waals surface area contributed by atoms with Gasteiger partial charge in [0.2, 0.25) is 0 Å². The number of benzene rings is 4. The molecule has 0 aliphatic heterocycles. The van der Waals surface area contributed by atoms with E-state index in [-0.39, 0.29) is 18.7 Å². The zero-order valence-electron chi connectivity index (χ0n) is 20.2. The van der Waals surface area contributed by atoms with Gasteiger partial charge in [0.05, 0.1) is 12.1 Å². The molecule has 1 unspecified atom stereocenters. The van der Waals surface area contributed by atoms with Crippen molar-refractivity contribution in [2.45, 2.75) is 25.3 Å². The van der Waals surface area contributed by atoms with Crippen LogP contribution in [0.3, 0.4) is 0 Å². The first-order valence-corrected chi connectivity index (χ1v) is 11.7.